The second kappa shape index (κ2) is 10.9. The van der Waals surface area contributed by atoms with Gasteiger partial charge in [-0.15, -0.1) is 0 Å². The van der Waals surface area contributed by atoms with E-state index in [0.717, 1.165) is 6.42 Å². The van der Waals surface area contributed by atoms with Crippen molar-refractivity contribution in [2.45, 2.75) is 26.7 Å². The summed E-state index contributed by atoms with van der Waals surface area (Å²) in [7, 11) is 4.47. The molecule has 26 heavy (non-hydrogen) atoms. The van der Waals surface area contributed by atoms with Gasteiger partial charge in [-0.3, -0.25) is 9.59 Å². The van der Waals surface area contributed by atoms with Gasteiger partial charge in [-0.05, 0) is 35.3 Å². The van der Waals surface area contributed by atoms with Crippen LogP contribution in [-0.4, -0.2) is 57.8 Å². The number of carbonyl (C=O) groups excluding carboxylic acids is 2. The summed E-state index contributed by atoms with van der Waals surface area (Å²) in [5, 5.41) is 0. The summed E-state index contributed by atoms with van der Waals surface area (Å²) in [6, 6.07) is 1.60. The van der Waals surface area contributed by atoms with E-state index in [9.17, 15) is 9.59 Å². The van der Waals surface area contributed by atoms with Crippen molar-refractivity contribution in [1.29, 1.82) is 0 Å². The molecule has 0 aliphatic rings. The first-order chi connectivity index (χ1) is 12.4. The first kappa shape index (κ1) is 22.1. The van der Waals surface area contributed by atoms with Gasteiger partial charge in [0.25, 0.3) is 5.91 Å². The van der Waals surface area contributed by atoms with E-state index in [4.69, 9.17) is 18.9 Å². The Labute approximate surface area is 162 Å². The number of esters is 1. The number of nitrogens with zero attached hydrogens (tertiary/aromatic N) is 1. The number of hydrogen-bond acceptors (Lipinski definition) is 6. The van der Waals surface area contributed by atoms with Gasteiger partial charge in [-0.2, -0.15) is 0 Å². The molecule has 0 aliphatic carbocycles. The van der Waals surface area contributed by atoms with E-state index in [-0.39, 0.29) is 24.8 Å². The highest BCUT2D eigenvalue weighted by molar-refractivity contribution is 9.10. The number of hydrogen-bond donors (Lipinski definition) is 0. The van der Waals surface area contributed by atoms with Crippen molar-refractivity contribution in [2.75, 3.05) is 41.0 Å². The van der Waals surface area contributed by atoms with E-state index >= 15 is 0 Å². The molecule has 0 aliphatic heterocycles. The number of methoxy groups -OCH3 is 3. The molecule has 0 radical (unpaired) electrons. The fraction of sp³-hybridized carbons (Fsp3) is 0.556. The average Bonchev–Trinajstić information content (AvgIpc) is 2.64. The Morgan fingerprint density at radius 3 is 2.19 bits per heavy atom. The minimum atomic E-state index is -0.328. The molecule has 0 N–H and O–H groups in total. The molecular weight excluding hydrogens is 406 g/mol. The van der Waals surface area contributed by atoms with E-state index in [1.807, 2.05) is 6.92 Å². The van der Waals surface area contributed by atoms with Crippen molar-refractivity contribution >= 4 is 27.8 Å². The van der Waals surface area contributed by atoms with Gasteiger partial charge < -0.3 is 23.8 Å². The molecule has 1 amide bonds. The summed E-state index contributed by atoms with van der Waals surface area (Å²) in [4.78, 5) is 26.3. The molecule has 0 saturated carbocycles. The molecule has 0 bridgehead atoms. The lowest BCUT2D eigenvalue weighted by molar-refractivity contribution is -0.143. The van der Waals surface area contributed by atoms with Gasteiger partial charge in [0, 0.05) is 13.1 Å². The predicted molar refractivity (Wildman–Crippen MR) is 101 cm³/mol. The molecule has 7 nitrogen and oxygen atoms in total. The maximum atomic E-state index is 13.1. The zero-order chi connectivity index (χ0) is 19.7. The van der Waals surface area contributed by atoms with Crippen molar-refractivity contribution < 1.29 is 28.5 Å². The summed E-state index contributed by atoms with van der Waals surface area (Å²) in [6.45, 7) is 4.82. The Balaban J connectivity index is 3.20. The van der Waals surface area contributed by atoms with Gasteiger partial charge in [-0.1, -0.05) is 6.92 Å². The summed E-state index contributed by atoms with van der Waals surface area (Å²) in [5.74, 6) is 0.592. The molecule has 1 aromatic rings. The lowest BCUT2D eigenvalue weighted by Gasteiger charge is -2.24. The molecule has 0 spiro atoms. The average molecular weight is 432 g/mol. The monoisotopic (exact) mass is 431 g/mol. The molecular formula is C18H26BrNO6. The van der Waals surface area contributed by atoms with Gasteiger partial charge >= 0.3 is 5.97 Å². The van der Waals surface area contributed by atoms with Crippen LogP contribution >= 0.6 is 15.9 Å². The zero-order valence-corrected chi connectivity index (χ0v) is 17.5. The molecule has 1 aromatic carbocycles. The minimum Gasteiger partial charge on any atom is -0.493 e. The Morgan fingerprint density at radius 1 is 1.04 bits per heavy atom. The predicted octanol–water partition coefficient (Wildman–Crippen LogP) is 3.28. The maximum absolute atomic E-state index is 13.1. The van der Waals surface area contributed by atoms with Crippen molar-refractivity contribution in [3.8, 4) is 17.2 Å². The SMILES string of the molecule is CCCN(CCC(=O)OCC)C(=O)c1cc(OC)c(OC)c(OC)c1Br. The third kappa shape index (κ3) is 5.27. The topological polar surface area (TPSA) is 74.3 Å². The second-order valence-electron chi connectivity index (χ2n) is 5.35. The second-order valence-corrected chi connectivity index (χ2v) is 6.15. The van der Waals surface area contributed by atoms with Gasteiger partial charge in [0.2, 0.25) is 5.75 Å². The highest BCUT2D eigenvalue weighted by atomic mass is 79.9. The fourth-order valence-corrected chi connectivity index (χ4v) is 3.12. The standard InChI is InChI=1S/C18H26BrNO6/c1-6-9-20(10-8-14(21)26-7-2)18(22)12-11-13(23-3)16(24-4)17(25-5)15(12)19/h11H,6-10H2,1-5H3. The van der Waals surface area contributed by atoms with Crippen LogP contribution in [0.2, 0.25) is 0 Å². The van der Waals surface area contributed by atoms with Gasteiger partial charge in [0.05, 0.1) is 44.4 Å². The summed E-state index contributed by atoms with van der Waals surface area (Å²) < 4.78 is 21.4. The van der Waals surface area contributed by atoms with E-state index in [0.29, 0.717) is 40.4 Å². The molecule has 0 unspecified atom stereocenters. The third-order valence-corrected chi connectivity index (χ3v) is 4.46. The number of rotatable bonds is 10. The van der Waals surface area contributed by atoms with Crippen LogP contribution in [0.5, 0.6) is 17.2 Å². The summed E-state index contributed by atoms with van der Waals surface area (Å²) in [6.07, 6.45) is 0.901. The first-order valence-electron chi connectivity index (χ1n) is 8.38. The molecule has 146 valence electrons. The molecule has 0 aromatic heterocycles. The lowest BCUT2D eigenvalue weighted by atomic mass is 10.1. The van der Waals surface area contributed by atoms with Crippen LogP contribution in [0, 0.1) is 0 Å². The van der Waals surface area contributed by atoms with Crippen LogP contribution in [0.25, 0.3) is 0 Å². The van der Waals surface area contributed by atoms with Crippen LogP contribution in [0.15, 0.2) is 10.5 Å². The Morgan fingerprint density at radius 2 is 1.69 bits per heavy atom. The van der Waals surface area contributed by atoms with Gasteiger partial charge in [0.1, 0.15) is 0 Å². The molecule has 8 heteroatoms. The first-order valence-corrected chi connectivity index (χ1v) is 9.17. The summed E-state index contributed by atoms with van der Waals surface area (Å²) in [5.41, 5.74) is 0.372. The van der Waals surface area contributed by atoms with Crippen LogP contribution in [0.4, 0.5) is 0 Å². The number of ether oxygens (including phenoxy) is 4. The third-order valence-electron chi connectivity index (χ3n) is 3.67. The highest BCUT2D eigenvalue weighted by Crippen LogP contribution is 2.45. The minimum absolute atomic E-state index is 0.140. The number of halogens is 1. The van der Waals surface area contributed by atoms with Crippen molar-refractivity contribution in [2.24, 2.45) is 0 Å². The van der Waals surface area contributed by atoms with E-state index in [1.54, 1.807) is 17.9 Å². The van der Waals surface area contributed by atoms with E-state index < -0.39 is 0 Å². The fourth-order valence-electron chi connectivity index (χ4n) is 2.49. The lowest BCUT2D eigenvalue weighted by Crippen LogP contribution is -2.34. The Kier molecular flexibility index (Phi) is 9.26. The maximum Gasteiger partial charge on any atom is 0.307 e. The van der Waals surface area contributed by atoms with E-state index in [1.165, 1.54) is 21.3 Å². The highest BCUT2D eigenvalue weighted by Gasteiger charge is 2.26. The quantitative estimate of drug-likeness (QED) is 0.529. The Hall–Kier alpha value is -1.96. The van der Waals surface area contributed by atoms with Crippen molar-refractivity contribution in [1.82, 2.24) is 4.90 Å². The van der Waals surface area contributed by atoms with Crippen LogP contribution < -0.4 is 14.2 Å². The molecule has 1 rings (SSSR count). The molecule has 0 atom stereocenters. The molecule has 0 saturated heterocycles. The number of amides is 1. The smallest absolute Gasteiger partial charge is 0.307 e. The largest absolute Gasteiger partial charge is 0.493 e. The van der Waals surface area contributed by atoms with Crippen molar-refractivity contribution in [3.63, 3.8) is 0 Å². The van der Waals surface area contributed by atoms with Crippen LogP contribution in [0.1, 0.15) is 37.0 Å². The Bertz CT molecular complexity index is 635. The van der Waals surface area contributed by atoms with Crippen molar-refractivity contribution in [3.05, 3.63) is 16.1 Å². The van der Waals surface area contributed by atoms with E-state index in [2.05, 4.69) is 15.9 Å². The molecule has 0 fully saturated rings. The zero-order valence-electron chi connectivity index (χ0n) is 15.9. The van der Waals surface area contributed by atoms with Gasteiger partial charge in [0.15, 0.2) is 11.5 Å². The van der Waals surface area contributed by atoms with Crippen LogP contribution in [-0.2, 0) is 9.53 Å². The summed E-state index contributed by atoms with van der Waals surface area (Å²) >= 11 is 3.42. The normalized spacial score (nSPS) is 10.2. The number of benzene rings is 1. The van der Waals surface area contributed by atoms with Crippen LogP contribution in [0.3, 0.4) is 0 Å². The molecule has 0 heterocycles. The number of carbonyl (C=O) groups is 2. The van der Waals surface area contributed by atoms with Gasteiger partial charge in [-0.25, -0.2) is 0 Å².